The average molecular weight is 308 g/mol. The molecule has 0 aromatic heterocycles. The van der Waals surface area contributed by atoms with Gasteiger partial charge in [-0.15, -0.1) is 0 Å². The van der Waals surface area contributed by atoms with Gasteiger partial charge in [0.1, 0.15) is 11.5 Å². The molecule has 0 heterocycles. The summed E-state index contributed by atoms with van der Waals surface area (Å²) in [4.78, 5) is 11.8. The summed E-state index contributed by atoms with van der Waals surface area (Å²) < 4.78 is 22.5. The first kappa shape index (κ1) is 14.8. The average Bonchev–Trinajstić information content (AvgIpc) is 2.41. The van der Waals surface area contributed by atoms with E-state index in [-0.39, 0.29) is 27.6 Å². The predicted octanol–water partition coefficient (Wildman–Crippen LogP) is 0.998. The molecule has 0 spiro atoms. The molecule has 0 saturated carbocycles. The summed E-state index contributed by atoms with van der Waals surface area (Å²) in [5.74, 6) is -1.20. The number of amides is 1. The van der Waals surface area contributed by atoms with E-state index in [0.717, 1.165) is 6.07 Å². The lowest BCUT2D eigenvalue weighted by Crippen LogP contribution is -2.15. The number of carbonyl (C=O) groups excluding carboxylic acids is 1. The number of rotatable bonds is 3. The van der Waals surface area contributed by atoms with E-state index in [1.165, 1.54) is 36.4 Å². The minimum atomic E-state index is -3.88. The molecule has 0 aliphatic heterocycles. The van der Waals surface area contributed by atoms with Gasteiger partial charge in [0.2, 0.25) is 10.0 Å². The van der Waals surface area contributed by atoms with Crippen LogP contribution in [0.15, 0.2) is 47.4 Å². The number of aromatic hydroxyl groups is 2. The number of nitrogens with two attached hydrogens (primary N) is 1. The second-order valence-electron chi connectivity index (χ2n) is 4.23. The second kappa shape index (κ2) is 5.43. The van der Waals surface area contributed by atoms with Crippen LogP contribution in [0.1, 0.15) is 10.4 Å². The van der Waals surface area contributed by atoms with E-state index in [2.05, 4.69) is 5.32 Å². The molecule has 5 N–H and O–H groups in total. The molecule has 1 amide bonds. The summed E-state index contributed by atoms with van der Waals surface area (Å²) in [6.45, 7) is 0. The summed E-state index contributed by atoms with van der Waals surface area (Å²) in [5, 5.41) is 26.3. The fraction of sp³-hybridized carbons (Fsp3) is 0. The number of hydrogen-bond acceptors (Lipinski definition) is 5. The molecule has 0 unspecified atom stereocenters. The zero-order valence-electron chi connectivity index (χ0n) is 10.6. The molecule has 0 bridgehead atoms. The number of phenolic OH excluding ortho intramolecular Hbond substituents is 2. The smallest absolute Gasteiger partial charge is 0.259 e. The molecule has 21 heavy (non-hydrogen) atoms. The van der Waals surface area contributed by atoms with Crippen LogP contribution in [0, 0.1) is 0 Å². The van der Waals surface area contributed by atoms with Crippen molar-refractivity contribution in [2.75, 3.05) is 5.32 Å². The molecule has 0 aliphatic carbocycles. The number of carbonyl (C=O) groups is 1. The topological polar surface area (TPSA) is 130 Å². The molecule has 2 aromatic carbocycles. The third-order valence-corrected chi connectivity index (χ3v) is 3.56. The van der Waals surface area contributed by atoms with Crippen LogP contribution in [0.3, 0.4) is 0 Å². The van der Waals surface area contributed by atoms with Crippen molar-refractivity contribution in [2.24, 2.45) is 5.14 Å². The Morgan fingerprint density at radius 1 is 1.10 bits per heavy atom. The molecule has 0 fully saturated rings. The summed E-state index contributed by atoms with van der Waals surface area (Å²) in [6, 6.07) is 8.85. The van der Waals surface area contributed by atoms with Crippen LogP contribution in [-0.4, -0.2) is 24.5 Å². The Kier molecular flexibility index (Phi) is 3.83. The van der Waals surface area contributed by atoms with Gasteiger partial charge in [0.25, 0.3) is 5.91 Å². The Labute approximate surface area is 120 Å². The quantitative estimate of drug-likeness (QED) is 0.628. The molecule has 2 rings (SSSR count). The Balaban J connectivity index is 2.30. The molecular formula is C13H12N2O5S. The lowest BCUT2D eigenvalue weighted by molar-refractivity contribution is 0.102. The maximum absolute atomic E-state index is 12.0. The fourth-order valence-corrected chi connectivity index (χ4v) is 2.21. The first-order valence-corrected chi connectivity index (χ1v) is 7.28. The molecule has 0 atom stereocenters. The van der Waals surface area contributed by atoms with Crippen molar-refractivity contribution >= 4 is 21.6 Å². The lowest BCUT2D eigenvalue weighted by Gasteiger charge is -2.08. The number of primary sulfonamides is 1. The standard InChI is InChI=1S/C13H12N2O5S/c14-21(19,20)10-3-1-2-8(6-10)15-13(18)11-7-9(16)4-5-12(11)17/h1-7,16-17H,(H,15,18)(H2,14,19,20). The van der Waals surface area contributed by atoms with Crippen molar-refractivity contribution in [1.29, 1.82) is 0 Å². The van der Waals surface area contributed by atoms with Gasteiger partial charge in [0.05, 0.1) is 10.5 Å². The summed E-state index contributed by atoms with van der Waals surface area (Å²) >= 11 is 0. The van der Waals surface area contributed by atoms with E-state index in [4.69, 9.17) is 5.14 Å². The van der Waals surface area contributed by atoms with E-state index >= 15 is 0 Å². The van der Waals surface area contributed by atoms with E-state index in [0.29, 0.717) is 0 Å². The van der Waals surface area contributed by atoms with E-state index in [1.54, 1.807) is 0 Å². The summed E-state index contributed by atoms with van der Waals surface area (Å²) in [7, 11) is -3.88. The van der Waals surface area contributed by atoms with Gasteiger partial charge in [-0.25, -0.2) is 13.6 Å². The van der Waals surface area contributed by atoms with Crippen molar-refractivity contribution < 1.29 is 23.4 Å². The molecule has 7 nitrogen and oxygen atoms in total. The SMILES string of the molecule is NS(=O)(=O)c1cccc(NC(=O)c2cc(O)ccc2O)c1. The van der Waals surface area contributed by atoms with Crippen molar-refractivity contribution in [1.82, 2.24) is 0 Å². The molecule has 2 aromatic rings. The molecule has 0 saturated heterocycles. The van der Waals surface area contributed by atoms with Crippen molar-refractivity contribution in [3.05, 3.63) is 48.0 Å². The molecule has 0 aliphatic rings. The van der Waals surface area contributed by atoms with E-state index in [1.807, 2.05) is 0 Å². The van der Waals surface area contributed by atoms with Gasteiger partial charge in [-0.3, -0.25) is 4.79 Å². The van der Waals surface area contributed by atoms with E-state index in [9.17, 15) is 23.4 Å². The summed E-state index contributed by atoms with van der Waals surface area (Å²) in [6.07, 6.45) is 0. The van der Waals surface area contributed by atoms with Gasteiger partial charge in [-0.05, 0) is 36.4 Å². The monoisotopic (exact) mass is 308 g/mol. The van der Waals surface area contributed by atoms with Crippen molar-refractivity contribution in [3.8, 4) is 11.5 Å². The second-order valence-corrected chi connectivity index (χ2v) is 5.79. The maximum Gasteiger partial charge on any atom is 0.259 e. The molecule has 8 heteroatoms. The molecule has 0 radical (unpaired) electrons. The molecular weight excluding hydrogens is 296 g/mol. The van der Waals surface area contributed by atoms with E-state index < -0.39 is 15.9 Å². The first-order chi connectivity index (χ1) is 9.77. The fourth-order valence-electron chi connectivity index (χ4n) is 1.66. The Bertz CT molecular complexity index is 802. The summed E-state index contributed by atoms with van der Waals surface area (Å²) in [5.41, 5.74) is 0.0466. The van der Waals surface area contributed by atoms with Crippen molar-refractivity contribution in [3.63, 3.8) is 0 Å². The van der Waals surface area contributed by atoms with Gasteiger partial charge in [-0.1, -0.05) is 6.07 Å². The Morgan fingerprint density at radius 2 is 1.81 bits per heavy atom. The first-order valence-electron chi connectivity index (χ1n) is 5.73. The number of nitrogens with one attached hydrogen (secondary N) is 1. The highest BCUT2D eigenvalue weighted by molar-refractivity contribution is 7.89. The zero-order valence-corrected chi connectivity index (χ0v) is 11.5. The van der Waals surface area contributed by atoms with Gasteiger partial charge in [-0.2, -0.15) is 0 Å². The number of sulfonamides is 1. The van der Waals surface area contributed by atoms with Crippen LogP contribution < -0.4 is 10.5 Å². The molecule has 110 valence electrons. The zero-order chi connectivity index (χ0) is 15.6. The van der Waals surface area contributed by atoms with Crippen LogP contribution in [-0.2, 0) is 10.0 Å². The van der Waals surface area contributed by atoms with Crippen LogP contribution >= 0.6 is 0 Å². The van der Waals surface area contributed by atoms with Crippen LogP contribution in [0.25, 0.3) is 0 Å². The highest BCUT2D eigenvalue weighted by Gasteiger charge is 2.14. The predicted molar refractivity (Wildman–Crippen MR) is 75.5 cm³/mol. The minimum absolute atomic E-state index is 0.143. The lowest BCUT2D eigenvalue weighted by atomic mass is 10.1. The highest BCUT2D eigenvalue weighted by Crippen LogP contribution is 2.23. The highest BCUT2D eigenvalue weighted by atomic mass is 32.2. The van der Waals surface area contributed by atoms with Gasteiger partial charge in [0.15, 0.2) is 0 Å². The third kappa shape index (κ3) is 3.50. The van der Waals surface area contributed by atoms with Gasteiger partial charge >= 0.3 is 0 Å². The normalized spacial score (nSPS) is 11.1. The van der Waals surface area contributed by atoms with Gasteiger partial charge in [0, 0.05) is 5.69 Å². The van der Waals surface area contributed by atoms with Crippen molar-refractivity contribution in [2.45, 2.75) is 4.90 Å². The third-order valence-electron chi connectivity index (χ3n) is 2.65. The largest absolute Gasteiger partial charge is 0.508 e. The Hall–Kier alpha value is -2.58. The van der Waals surface area contributed by atoms with Crippen LogP contribution in [0.5, 0.6) is 11.5 Å². The van der Waals surface area contributed by atoms with Crippen LogP contribution in [0.2, 0.25) is 0 Å². The number of phenols is 2. The van der Waals surface area contributed by atoms with Gasteiger partial charge < -0.3 is 15.5 Å². The number of anilines is 1. The number of hydrogen-bond donors (Lipinski definition) is 4. The number of benzene rings is 2. The Morgan fingerprint density at radius 3 is 2.48 bits per heavy atom. The minimum Gasteiger partial charge on any atom is -0.508 e. The maximum atomic E-state index is 12.0. The van der Waals surface area contributed by atoms with Crippen LogP contribution in [0.4, 0.5) is 5.69 Å².